The first-order valence-corrected chi connectivity index (χ1v) is 8.71. The van der Waals surface area contributed by atoms with Gasteiger partial charge in [-0.1, -0.05) is 6.92 Å². The van der Waals surface area contributed by atoms with Crippen molar-refractivity contribution < 1.29 is 22.8 Å². The Morgan fingerprint density at radius 1 is 1.11 bits per heavy atom. The predicted molar refractivity (Wildman–Crippen MR) is 96.8 cm³/mol. The van der Waals surface area contributed by atoms with Gasteiger partial charge >= 0.3 is 6.18 Å². The molecule has 1 heterocycles. The van der Waals surface area contributed by atoms with E-state index in [1.54, 1.807) is 17.0 Å². The van der Waals surface area contributed by atoms with Gasteiger partial charge in [-0.15, -0.1) is 0 Å². The van der Waals surface area contributed by atoms with Crippen LogP contribution >= 0.6 is 0 Å². The molecule has 0 saturated heterocycles. The molecule has 0 unspecified atom stereocenters. The standard InChI is InChI=1S/C20H19F3N2O2/c1-2-18(26)25-11-3-4-14-12-16(9-10-17(14)25)24-19(27)13-5-7-15(8-6-13)20(21,22)23/h5-10,12H,2-4,11H2,1H3,(H,24,27). The Kier molecular flexibility index (Phi) is 5.21. The van der Waals surface area contributed by atoms with Gasteiger partial charge in [0.2, 0.25) is 5.91 Å². The number of rotatable bonds is 3. The first kappa shape index (κ1) is 18.9. The van der Waals surface area contributed by atoms with E-state index < -0.39 is 17.6 Å². The summed E-state index contributed by atoms with van der Waals surface area (Å²) in [5.74, 6) is -0.432. The van der Waals surface area contributed by atoms with Crippen molar-refractivity contribution in [3.05, 3.63) is 59.2 Å². The first-order valence-electron chi connectivity index (χ1n) is 8.71. The number of hydrogen-bond acceptors (Lipinski definition) is 2. The number of amides is 2. The molecule has 1 aliphatic rings. The van der Waals surface area contributed by atoms with Gasteiger partial charge in [-0.2, -0.15) is 13.2 Å². The summed E-state index contributed by atoms with van der Waals surface area (Å²) in [5, 5.41) is 2.70. The Balaban J connectivity index is 1.76. The van der Waals surface area contributed by atoms with Crippen molar-refractivity contribution in [3.63, 3.8) is 0 Å². The molecule has 27 heavy (non-hydrogen) atoms. The molecule has 4 nitrogen and oxygen atoms in total. The lowest BCUT2D eigenvalue weighted by Crippen LogP contribution is -2.34. The second-order valence-corrected chi connectivity index (χ2v) is 6.38. The van der Waals surface area contributed by atoms with Crippen LogP contribution in [0.5, 0.6) is 0 Å². The van der Waals surface area contributed by atoms with Gasteiger partial charge in [0, 0.05) is 29.9 Å². The molecule has 2 amide bonds. The third-order valence-electron chi connectivity index (χ3n) is 4.53. The molecule has 0 saturated carbocycles. The van der Waals surface area contributed by atoms with Gasteiger partial charge in [0.25, 0.3) is 5.91 Å². The summed E-state index contributed by atoms with van der Waals surface area (Å²) in [6, 6.07) is 9.38. The molecule has 7 heteroatoms. The zero-order valence-corrected chi connectivity index (χ0v) is 14.8. The van der Waals surface area contributed by atoms with Gasteiger partial charge in [-0.05, 0) is 60.9 Å². The van der Waals surface area contributed by atoms with Gasteiger partial charge < -0.3 is 10.2 Å². The van der Waals surface area contributed by atoms with Crippen molar-refractivity contribution in [2.75, 3.05) is 16.8 Å². The fourth-order valence-corrected chi connectivity index (χ4v) is 3.14. The van der Waals surface area contributed by atoms with Crippen LogP contribution in [-0.2, 0) is 17.4 Å². The van der Waals surface area contributed by atoms with E-state index in [1.807, 2.05) is 13.0 Å². The Hall–Kier alpha value is -2.83. The molecule has 1 N–H and O–H groups in total. The first-order chi connectivity index (χ1) is 12.8. The molecule has 2 aromatic rings. The number of nitrogens with zero attached hydrogens (tertiary/aromatic N) is 1. The highest BCUT2D eigenvalue weighted by atomic mass is 19.4. The second kappa shape index (κ2) is 7.42. The highest BCUT2D eigenvalue weighted by Crippen LogP contribution is 2.31. The molecular weight excluding hydrogens is 357 g/mol. The Morgan fingerprint density at radius 3 is 2.44 bits per heavy atom. The minimum atomic E-state index is -4.44. The minimum absolute atomic E-state index is 0.0532. The molecule has 1 aliphatic heterocycles. The summed E-state index contributed by atoms with van der Waals surface area (Å²) in [6.45, 7) is 2.49. The lowest BCUT2D eigenvalue weighted by atomic mass is 10.0. The number of benzene rings is 2. The highest BCUT2D eigenvalue weighted by molar-refractivity contribution is 6.04. The van der Waals surface area contributed by atoms with Crippen LogP contribution < -0.4 is 10.2 Å². The maximum absolute atomic E-state index is 12.6. The van der Waals surface area contributed by atoms with Crippen LogP contribution in [0, 0.1) is 0 Å². The minimum Gasteiger partial charge on any atom is -0.322 e. The molecule has 0 radical (unpaired) electrons. The third kappa shape index (κ3) is 4.13. The van der Waals surface area contributed by atoms with Crippen LogP contribution in [0.3, 0.4) is 0 Å². The molecule has 142 valence electrons. The molecule has 0 spiro atoms. The number of halogens is 3. The number of nitrogens with one attached hydrogen (secondary N) is 1. The zero-order chi connectivity index (χ0) is 19.6. The molecule has 0 aromatic heterocycles. The van der Waals surface area contributed by atoms with E-state index in [9.17, 15) is 22.8 Å². The average Bonchev–Trinajstić information content (AvgIpc) is 2.66. The highest BCUT2D eigenvalue weighted by Gasteiger charge is 2.30. The van der Waals surface area contributed by atoms with Crippen molar-refractivity contribution in [1.29, 1.82) is 0 Å². The number of aryl methyl sites for hydroxylation is 1. The summed E-state index contributed by atoms with van der Waals surface area (Å²) in [5.41, 5.74) is 1.70. The van der Waals surface area contributed by atoms with Gasteiger partial charge in [-0.3, -0.25) is 9.59 Å². The predicted octanol–water partition coefficient (Wildman–Crippen LogP) is 4.65. The van der Waals surface area contributed by atoms with E-state index in [0.29, 0.717) is 18.7 Å². The van der Waals surface area contributed by atoms with E-state index in [2.05, 4.69) is 5.32 Å². The Morgan fingerprint density at radius 2 is 1.81 bits per heavy atom. The lowest BCUT2D eigenvalue weighted by Gasteiger charge is -2.29. The largest absolute Gasteiger partial charge is 0.416 e. The van der Waals surface area contributed by atoms with Crippen molar-refractivity contribution in [2.45, 2.75) is 32.4 Å². The summed E-state index contributed by atoms with van der Waals surface area (Å²) < 4.78 is 37.8. The van der Waals surface area contributed by atoms with Crippen LogP contribution in [0.1, 0.15) is 41.3 Å². The molecule has 0 fully saturated rings. The topological polar surface area (TPSA) is 49.4 Å². The van der Waals surface area contributed by atoms with Crippen molar-refractivity contribution in [3.8, 4) is 0 Å². The van der Waals surface area contributed by atoms with Crippen LogP contribution in [0.15, 0.2) is 42.5 Å². The van der Waals surface area contributed by atoms with E-state index in [4.69, 9.17) is 0 Å². The molecule has 2 aromatic carbocycles. The molecule has 0 bridgehead atoms. The van der Waals surface area contributed by atoms with E-state index >= 15 is 0 Å². The maximum atomic E-state index is 12.6. The van der Waals surface area contributed by atoms with Gasteiger partial charge in [0.15, 0.2) is 0 Å². The fraction of sp³-hybridized carbons (Fsp3) is 0.300. The van der Waals surface area contributed by atoms with Gasteiger partial charge in [-0.25, -0.2) is 0 Å². The maximum Gasteiger partial charge on any atom is 0.416 e. The van der Waals surface area contributed by atoms with Crippen molar-refractivity contribution >= 4 is 23.2 Å². The molecule has 3 rings (SSSR count). The summed E-state index contributed by atoms with van der Waals surface area (Å²) in [4.78, 5) is 26.1. The normalized spacial score (nSPS) is 13.9. The SMILES string of the molecule is CCC(=O)N1CCCc2cc(NC(=O)c3ccc(C(F)(F)F)cc3)ccc21. The van der Waals surface area contributed by atoms with Crippen molar-refractivity contribution in [2.24, 2.45) is 0 Å². The average molecular weight is 376 g/mol. The number of carbonyl (C=O) groups excluding carboxylic acids is 2. The number of alkyl halides is 3. The summed E-state index contributed by atoms with van der Waals surface area (Å²) in [6.07, 6.45) is -2.37. The lowest BCUT2D eigenvalue weighted by molar-refractivity contribution is -0.137. The van der Waals surface area contributed by atoms with E-state index in [1.165, 1.54) is 0 Å². The summed E-state index contributed by atoms with van der Waals surface area (Å²) in [7, 11) is 0. The third-order valence-corrected chi connectivity index (χ3v) is 4.53. The van der Waals surface area contributed by atoms with Crippen LogP contribution in [0.2, 0.25) is 0 Å². The number of fused-ring (bicyclic) bond motifs is 1. The van der Waals surface area contributed by atoms with Crippen molar-refractivity contribution in [1.82, 2.24) is 0 Å². The molecular formula is C20H19F3N2O2. The molecule has 0 aliphatic carbocycles. The number of hydrogen-bond donors (Lipinski definition) is 1. The Labute approximate surface area is 155 Å². The molecule has 0 atom stereocenters. The van der Waals surface area contributed by atoms with Gasteiger partial charge in [0.05, 0.1) is 5.56 Å². The second-order valence-electron chi connectivity index (χ2n) is 6.38. The number of carbonyl (C=O) groups is 2. The van der Waals surface area contributed by atoms with E-state index in [0.717, 1.165) is 48.4 Å². The van der Waals surface area contributed by atoms with Crippen LogP contribution in [-0.4, -0.2) is 18.4 Å². The number of anilines is 2. The quantitative estimate of drug-likeness (QED) is 0.848. The van der Waals surface area contributed by atoms with E-state index in [-0.39, 0.29) is 11.5 Å². The zero-order valence-electron chi connectivity index (χ0n) is 14.8. The Bertz CT molecular complexity index is 861. The fourth-order valence-electron chi connectivity index (χ4n) is 3.14. The monoisotopic (exact) mass is 376 g/mol. The van der Waals surface area contributed by atoms with Gasteiger partial charge in [0.1, 0.15) is 0 Å². The smallest absolute Gasteiger partial charge is 0.322 e. The van der Waals surface area contributed by atoms with Crippen LogP contribution in [0.25, 0.3) is 0 Å². The summed E-state index contributed by atoms with van der Waals surface area (Å²) >= 11 is 0. The van der Waals surface area contributed by atoms with Crippen LogP contribution in [0.4, 0.5) is 24.5 Å².